The topological polar surface area (TPSA) is 105 Å². The molecule has 0 atom stereocenters. The Morgan fingerprint density at radius 3 is 2.65 bits per heavy atom. The predicted octanol–water partition coefficient (Wildman–Crippen LogP) is 2.00. The summed E-state index contributed by atoms with van der Waals surface area (Å²) in [6, 6.07) is 9.31. The SMILES string of the molecule is CCNc1nc(C)cc(NCCNC(=O)c2cnc3ccccc3n2)n1. The highest BCUT2D eigenvalue weighted by molar-refractivity contribution is 5.93. The molecular weight excluding hydrogens is 330 g/mol. The first-order valence-corrected chi connectivity index (χ1v) is 8.49. The van der Waals surface area contributed by atoms with Gasteiger partial charge >= 0.3 is 0 Å². The van der Waals surface area contributed by atoms with Crippen LogP contribution in [0.2, 0.25) is 0 Å². The monoisotopic (exact) mass is 351 g/mol. The Hall–Kier alpha value is -3.29. The minimum atomic E-state index is -0.253. The van der Waals surface area contributed by atoms with Gasteiger partial charge in [0.15, 0.2) is 0 Å². The number of nitrogens with one attached hydrogen (secondary N) is 3. The molecule has 0 saturated carbocycles. The van der Waals surface area contributed by atoms with Crippen molar-refractivity contribution in [3.63, 3.8) is 0 Å². The van der Waals surface area contributed by atoms with Crippen LogP contribution in [0, 0.1) is 6.92 Å². The number of nitrogens with zero attached hydrogens (tertiary/aromatic N) is 4. The highest BCUT2D eigenvalue weighted by Crippen LogP contribution is 2.09. The Bertz CT molecular complexity index is 913. The van der Waals surface area contributed by atoms with E-state index in [1.54, 1.807) is 0 Å². The third-order valence-electron chi connectivity index (χ3n) is 3.59. The number of carbonyl (C=O) groups is 1. The third kappa shape index (κ3) is 4.41. The van der Waals surface area contributed by atoms with Crippen LogP contribution in [-0.2, 0) is 0 Å². The molecule has 0 spiro atoms. The molecular formula is C18H21N7O. The normalized spacial score (nSPS) is 10.5. The smallest absolute Gasteiger partial charge is 0.271 e. The molecule has 134 valence electrons. The van der Waals surface area contributed by atoms with Crippen molar-refractivity contribution in [1.29, 1.82) is 0 Å². The zero-order chi connectivity index (χ0) is 18.4. The second-order valence-corrected chi connectivity index (χ2v) is 5.68. The quantitative estimate of drug-likeness (QED) is 0.559. The summed E-state index contributed by atoms with van der Waals surface area (Å²) in [5, 5.41) is 9.09. The fraction of sp³-hybridized carbons (Fsp3) is 0.278. The van der Waals surface area contributed by atoms with E-state index in [2.05, 4.69) is 35.9 Å². The first-order valence-electron chi connectivity index (χ1n) is 8.49. The van der Waals surface area contributed by atoms with Crippen LogP contribution in [0.4, 0.5) is 11.8 Å². The van der Waals surface area contributed by atoms with Crippen LogP contribution in [0.25, 0.3) is 11.0 Å². The summed E-state index contributed by atoms with van der Waals surface area (Å²) in [5.41, 5.74) is 2.64. The van der Waals surface area contributed by atoms with E-state index in [9.17, 15) is 4.79 Å². The fourth-order valence-corrected chi connectivity index (χ4v) is 2.42. The molecule has 0 radical (unpaired) electrons. The Kier molecular flexibility index (Phi) is 5.52. The third-order valence-corrected chi connectivity index (χ3v) is 3.59. The van der Waals surface area contributed by atoms with Crippen molar-refractivity contribution in [1.82, 2.24) is 25.3 Å². The standard InChI is InChI=1S/C18H21N7O/c1-3-19-18-23-12(2)10-16(25-18)20-8-9-21-17(26)15-11-22-13-6-4-5-7-14(13)24-15/h4-7,10-11H,3,8-9H2,1-2H3,(H,21,26)(H2,19,20,23,25). The van der Waals surface area contributed by atoms with E-state index in [4.69, 9.17) is 0 Å². The van der Waals surface area contributed by atoms with E-state index < -0.39 is 0 Å². The number of rotatable bonds is 7. The summed E-state index contributed by atoms with van der Waals surface area (Å²) in [6.45, 7) is 5.63. The van der Waals surface area contributed by atoms with Gasteiger partial charge in [-0.25, -0.2) is 9.97 Å². The molecule has 1 amide bonds. The number of fused-ring (bicyclic) bond motifs is 1. The van der Waals surface area contributed by atoms with Crippen molar-refractivity contribution in [3.05, 3.63) is 47.9 Å². The molecule has 3 aromatic rings. The number of hydrogen-bond acceptors (Lipinski definition) is 7. The molecule has 8 nitrogen and oxygen atoms in total. The van der Waals surface area contributed by atoms with Crippen molar-refractivity contribution < 1.29 is 4.79 Å². The Labute approximate surface area is 151 Å². The van der Waals surface area contributed by atoms with Crippen molar-refractivity contribution in [2.24, 2.45) is 0 Å². The van der Waals surface area contributed by atoms with Gasteiger partial charge in [-0.3, -0.25) is 9.78 Å². The fourth-order valence-electron chi connectivity index (χ4n) is 2.42. The number of amides is 1. The van der Waals surface area contributed by atoms with E-state index in [0.29, 0.717) is 36.1 Å². The van der Waals surface area contributed by atoms with Crippen LogP contribution in [0.1, 0.15) is 23.1 Å². The number of benzene rings is 1. The van der Waals surface area contributed by atoms with Gasteiger partial charge in [-0.2, -0.15) is 4.98 Å². The molecule has 8 heteroatoms. The molecule has 1 aromatic carbocycles. The molecule has 0 unspecified atom stereocenters. The zero-order valence-corrected chi connectivity index (χ0v) is 14.8. The lowest BCUT2D eigenvalue weighted by molar-refractivity contribution is 0.0950. The summed E-state index contributed by atoms with van der Waals surface area (Å²) >= 11 is 0. The van der Waals surface area contributed by atoms with Crippen molar-refractivity contribution in [2.75, 3.05) is 30.3 Å². The molecule has 3 N–H and O–H groups in total. The van der Waals surface area contributed by atoms with Gasteiger partial charge in [0.2, 0.25) is 5.95 Å². The predicted molar refractivity (Wildman–Crippen MR) is 101 cm³/mol. The Morgan fingerprint density at radius 2 is 1.85 bits per heavy atom. The molecule has 0 aliphatic carbocycles. The Balaban J connectivity index is 1.53. The maximum absolute atomic E-state index is 12.2. The molecule has 26 heavy (non-hydrogen) atoms. The summed E-state index contributed by atoms with van der Waals surface area (Å²) in [5.74, 6) is 1.05. The van der Waals surface area contributed by atoms with Gasteiger partial charge in [0.1, 0.15) is 11.5 Å². The van der Waals surface area contributed by atoms with E-state index in [1.165, 1.54) is 6.20 Å². The van der Waals surface area contributed by atoms with Gasteiger partial charge in [0, 0.05) is 31.4 Å². The Morgan fingerprint density at radius 1 is 1.04 bits per heavy atom. The van der Waals surface area contributed by atoms with Gasteiger partial charge in [-0.15, -0.1) is 0 Å². The largest absolute Gasteiger partial charge is 0.368 e. The van der Waals surface area contributed by atoms with Gasteiger partial charge in [0.05, 0.1) is 17.2 Å². The second kappa shape index (κ2) is 8.19. The summed E-state index contributed by atoms with van der Waals surface area (Å²) < 4.78 is 0. The number of para-hydroxylation sites is 2. The van der Waals surface area contributed by atoms with E-state index >= 15 is 0 Å². The zero-order valence-electron chi connectivity index (χ0n) is 14.8. The number of hydrogen-bond donors (Lipinski definition) is 3. The number of anilines is 2. The minimum absolute atomic E-state index is 0.253. The van der Waals surface area contributed by atoms with Gasteiger partial charge < -0.3 is 16.0 Å². The molecule has 3 rings (SSSR count). The first-order chi connectivity index (χ1) is 12.7. The molecule has 0 fully saturated rings. The van der Waals surface area contributed by atoms with E-state index in [-0.39, 0.29) is 5.91 Å². The van der Waals surface area contributed by atoms with Crippen LogP contribution in [0.15, 0.2) is 36.5 Å². The van der Waals surface area contributed by atoms with Crippen LogP contribution < -0.4 is 16.0 Å². The lowest BCUT2D eigenvalue weighted by Crippen LogP contribution is -2.29. The van der Waals surface area contributed by atoms with Gasteiger partial charge in [-0.1, -0.05) is 12.1 Å². The lowest BCUT2D eigenvalue weighted by Gasteiger charge is -2.10. The van der Waals surface area contributed by atoms with E-state index in [0.717, 1.165) is 17.8 Å². The van der Waals surface area contributed by atoms with Crippen molar-refractivity contribution >= 4 is 28.7 Å². The molecule has 0 aliphatic rings. The second-order valence-electron chi connectivity index (χ2n) is 5.68. The lowest BCUT2D eigenvalue weighted by atomic mass is 10.3. The van der Waals surface area contributed by atoms with Gasteiger partial charge in [0.25, 0.3) is 5.91 Å². The van der Waals surface area contributed by atoms with Crippen molar-refractivity contribution in [2.45, 2.75) is 13.8 Å². The molecule has 2 heterocycles. The molecule has 0 saturated heterocycles. The maximum Gasteiger partial charge on any atom is 0.271 e. The molecule has 2 aromatic heterocycles. The summed E-state index contributed by atoms with van der Waals surface area (Å²) in [7, 11) is 0. The van der Waals surface area contributed by atoms with Crippen molar-refractivity contribution in [3.8, 4) is 0 Å². The van der Waals surface area contributed by atoms with Gasteiger partial charge in [-0.05, 0) is 26.0 Å². The summed E-state index contributed by atoms with van der Waals surface area (Å²) in [6.07, 6.45) is 1.49. The van der Waals surface area contributed by atoms with Crippen LogP contribution in [-0.4, -0.2) is 45.5 Å². The first kappa shape index (κ1) is 17.5. The molecule has 0 aliphatic heterocycles. The average molecular weight is 351 g/mol. The number of carbonyl (C=O) groups excluding carboxylic acids is 1. The maximum atomic E-state index is 12.2. The highest BCUT2D eigenvalue weighted by Gasteiger charge is 2.08. The van der Waals surface area contributed by atoms with E-state index in [1.807, 2.05) is 44.2 Å². The number of aryl methyl sites for hydroxylation is 1. The van der Waals surface area contributed by atoms with Crippen LogP contribution in [0.3, 0.4) is 0 Å². The minimum Gasteiger partial charge on any atom is -0.368 e. The van der Waals surface area contributed by atoms with Crippen LogP contribution in [0.5, 0.6) is 0 Å². The summed E-state index contributed by atoms with van der Waals surface area (Å²) in [4.78, 5) is 29.5. The number of aromatic nitrogens is 4. The van der Waals surface area contributed by atoms with Crippen LogP contribution >= 0.6 is 0 Å². The average Bonchev–Trinajstić information content (AvgIpc) is 2.64. The molecule has 0 bridgehead atoms. The highest BCUT2D eigenvalue weighted by atomic mass is 16.1.